The monoisotopic (exact) mass is 537 g/mol. The Labute approximate surface area is 225 Å². The van der Waals surface area contributed by atoms with Gasteiger partial charge in [-0.2, -0.15) is 0 Å². The molecule has 2 fully saturated rings. The number of thiazole rings is 1. The van der Waals surface area contributed by atoms with Crippen molar-refractivity contribution in [3.63, 3.8) is 0 Å². The van der Waals surface area contributed by atoms with E-state index in [1.165, 1.54) is 11.3 Å². The van der Waals surface area contributed by atoms with Crippen LogP contribution in [0.25, 0.3) is 11.4 Å². The Morgan fingerprint density at radius 1 is 1.13 bits per heavy atom. The number of carbonyl (C=O) groups excluding carboxylic acids is 2. The van der Waals surface area contributed by atoms with Gasteiger partial charge in [-0.3, -0.25) is 9.59 Å². The first-order chi connectivity index (χ1) is 18.3. The molecule has 3 aromatic rings. The van der Waals surface area contributed by atoms with E-state index in [-0.39, 0.29) is 25.4 Å². The van der Waals surface area contributed by atoms with Gasteiger partial charge in [-0.15, -0.1) is 11.3 Å². The third-order valence-corrected chi connectivity index (χ3v) is 7.32. The highest BCUT2D eigenvalue weighted by molar-refractivity contribution is 7.14. The van der Waals surface area contributed by atoms with Gasteiger partial charge in [-0.1, -0.05) is 18.2 Å². The number of amides is 2. The molecule has 0 aliphatic carbocycles. The lowest BCUT2D eigenvalue weighted by Crippen LogP contribution is -2.45. The highest BCUT2D eigenvalue weighted by atomic mass is 32.1. The Morgan fingerprint density at radius 2 is 1.92 bits per heavy atom. The molecule has 200 valence electrons. The summed E-state index contributed by atoms with van der Waals surface area (Å²) in [6.45, 7) is 6.09. The van der Waals surface area contributed by atoms with Crippen molar-refractivity contribution in [2.24, 2.45) is 0 Å². The Balaban J connectivity index is 1.17. The van der Waals surface area contributed by atoms with E-state index in [1.807, 2.05) is 23.6 Å². The maximum absolute atomic E-state index is 12.6. The van der Waals surface area contributed by atoms with Crippen molar-refractivity contribution in [2.75, 3.05) is 43.1 Å². The van der Waals surface area contributed by atoms with Crippen molar-refractivity contribution in [2.45, 2.75) is 38.1 Å². The Morgan fingerprint density at radius 3 is 2.68 bits per heavy atom. The van der Waals surface area contributed by atoms with Crippen molar-refractivity contribution >= 4 is 34.1 Å². The molecule has 0 unspecified atom stereocenters. The van der Waals surface area contributed by atoms with E-state index in [0.29, 0.717) is 40.7 Å². The summed E-state index contributed by atoms with van der Waals surface area (Å²) in [5.74, 6) is 0.0655. The van der Waals surface area contributed by atoms with Gasteiger partial charge in [0, 0.05) is 37.1 Å². The van der Waals surface area contributed by atoms with Crippen molar-refractivity contribution in [3.8, 4) is 11.4 Å². The highest BCUT2D eigenvalue weighted by Gasteiger charge is 2.34. The second-order valence-electron chi connectivity index (χ2n) is 9.73. The number of aliphatic hydroxyl groups is 1. The van der Waals surface area contributed by atoms with Crippen LogP contribution in [0.1, 0.15) is 36.2 Å². The van der Waals surface area contributed by atoms with Crippen LogP contribution in [0.5, 0.6) is 0 Å². The standard InChI is InChI=1S/C27H31N5O5S/c1-17-13-32(14-18(2)37-17)23-8-4-7-21(29-23)22-15-38-26(30-22)31-24(33)12-28-25(34)19-5-3-6-20(11-19)27(35)9-10-36-16-27/h3-8,11,15,17-18,35H,9-10,12-14,16H2,1-2H3,(H,28,34)(H,30,31,33)/t17-,18+,27-/m1/s1. The van der Waals surface area contributed by atoms with Crippen LogP contribution in [0.2, 0.25) is 0 Å². The zero-order chi connectivity index (χ0) is 26.7. The minimum atomic E-state index is -1.09. The maximum atomic E-state index is 12.6. The smallest absolute Gasteiger partial charge is 0.251 e. The molecule has 2 aliphatic rings. The zero-order valence-corrected chi connectivity index (χ0v) is 22.2. The average molecular weight is 538 g/mol. The molecule has 2 amide bonds. The first-order valence-electron chi connectivity index (χ1n) is 12.6. The second-order valence-corrected chi connectivity index (χ2v) is 10.6. The lowest BCUT2D eigenvalue weighted by Gasteiger charge is -2.36. The Kier molecular flexibility index (Phi) is 7.70. The SMILES string of the molecule is C[C@@H]1CN(c2cccc(-c3csc(NC(=O)CNC(=O)c4cccc([C@@]5(O)CCOC5)c4)n3)n2)C[C@H](C)O1. The molecule has 2 aliphatic heterocycles. The number of aromatic nitrogens is 2. The molecule has 5 rings (SSSR count). The average Bonchev–Trinajstić information content (AvgIpc) is 3.57. The molecule has 2 saturated heterocycles. The van der Waals surface area contributed by atoms with Crippen LogP contribution in [0, 0.1) is 0 Å². The summed E-state index contributed by atoms with van der Waals surface area (Å²) >= 11 is 1.29. The zero-order valence-electron chi connectivity index (χ0n) is 21.3. The number of hydrogen-bond donors (Lipinski definition) is 3. The van der Waals surface area contributed by atoms with Crippen LogP contribution < -0.4 is 15.5 Å². The van der Waals surface area contributed by atoms with E-state index < -0.39 is 17.4 Å². The van der Waals surface area contributed by atoms with Gasteiger partial charge in [0.05, 0.1) is 31.1 Å². The maximum Gasteiger partial charge on any atom is 0.251 e. The van der Waals surface area contributed by atoms with Gasteiger partial charge in [-0.05, 0) is 43.7 Å². The third kappa shape index (κ3) is 6.02. The molecular formula is C27H31N5O5S. The third-order valence-electron chi connectivity index (χ3n) is 6.56. The van der Waals surface area contributed by atoms with Crippen LogP contribution in [-0.2, 0) is 19.9 Å². The minimum absolute atomic E-state index is 0.128. The van der Waals surface area contributed by atoms with Gasteiger partial charge in [-0.25, -0.2) is 9.97 Å². The van der Waals surface area contributed by atoms with Gasteiger partial charge >= 0.3 is 0 Å². The molecule has 3 N–H and O–H groups in total. The molecule has 38 heavy (non-hydrogen) atoms. The van der Waals surface area contributed by atoms with E-state index in [1.54, 1.807) is 24.3 Å². The highest BCUT2D eigenvalue weighted by Crippen LogP contribution is 2.31. The number of morpholine rings is 1. The normalized spacial score (nSPS) is 23.3. The van der Waals surface area contributed by atoms with Crippen molar-refractivity contribution in [3.05, 3.63) is 59.0 Å². The van der Waals surface area contributed by atoms with Gasteiger partial charge in [0.25, 0.3) is 5.91 Å². The number of nitrogens with one attached hydrogen (secondary N) is 2. The lowest BCUT2D eigenvalue weighted by molar-refractivity contribution is -0.115. The predicted molar refractivity (Wildman–Crippen MR) is 144 cm³/mol. The summed E-state index contributed by atoms with van der Waals surface area (Å²) in [5, 5.41) is 18.3. The first-order valence-corrected chi connectivity index (χ1v) is 13.5. The number of carbonyl (C=O) groups is 2. The molecule has 3 atom stereocenters. The summed E-state index contributed by atoms with van der Waals surface area (Å²) in [4.78, 5) is 36.6. The molecule has 0 spiro atoms. The number of pyridine rings is 1. The summed E-state index contributed by atoms with van der Waals surface area (Å²) in [7, 11) is 0. The molecule has 0 saturated carbocycles. The number of anilines is 2. The Hall–Kier alpha value is -3.38. The van der Waals surface area contributed by atoms with E-state index >= 15 is 0 Å². The largest absolute Gasteiger partial charge is 0.383 e. The number of ether oxygens (including phenoxy) is 2. The molecule has 0 bridgehead atoms. The fourth-order valence-corrected chi connectivity index (χ4v) is 5.43. The first kappa shape index (κ1) is 26.2. The van der Waals surface area contributed by atoms with E-state index in [9.17, 15) is 14.7 Å². The summed E-state index contributed by atoms with van der Waals surface area (Å²) in [6, 6.07) is 12.6. The van der Waals surface area contributed by atoms with Crippen LogP contribution >= 0.6 is 11.3 Å². The van der Waals surface area contributed by atoms with Gasteiger partial charge < -0.3 is 30.1 Å². The molecule has 1 aromatic carbocycles. The fourth-order valence-electron chi connectivity index (χ4n) is 4.71. The fraction of sp³-hybridized carbons (Fsp3) is 0.407. The van der Waals surface area contributed by atoms with Crippen LogP contribution in [-0.4, -0.2) is 71.9 Å². The topological polar surface area (TPSA) is 126 Å². The van der Waals surface area contributed by atoms with Crippen molar-refractivity contribution in [1.82, 2.24) is 15.3 Å². The molecular weight excluding hydrogens is 506 g/mol. The number of rotatable bonds is 7. The molecule has 10 nitrogen and oxygen atoms in total. The molecule has 4 heterocycles. The number of nitrogens with zero attached hydrogens (tertiary/aromatic N) is 3. The summed E-state index contributed by atoms with van der Waals surface area (Å²) < 4.78 is 11.1. The quantitative estimate of drug-likeness (QED) is 0.420. The van der Waals surface area contributed by atoms with Crippen LogP contribution in [0.4, 0.5) is 10.9 Å². The predicted octanol–water partition coefficient (Wildman–Crippen LogP) is 2.80. The summed E-state index contributed by atoms with van der Waals surface area (Å²) in [6.07, 6.45) is 0.729. The minimum Gasteiger partial charge on any atom is -0.383 e. The van der Waals surface area contributed by atoms with Crippen molar-refractivity contribution in [1.29, 1.82) is 0 Å². The number of hydrogen-bond acceptors (Lipinski definition) is 9. The van der Waals surface area contributed by atoms with Gasteiger partial charge in [0.1, 0.15) is 17.1 Å². The van der Waals surface area contributed by atoms with E-state index in [0.717, 1.165) is 18.9 Å². The second kappa shape index (κ2) is 11.2. The molecule has 11 heteroatoms. The van der Waals surface area contributed by atoms with E-state index in [4.69, 9.17) is 14.5 Å². The van der Waals surface area contributed by atoms with Crippen LogP contribution in [0.15, 0.2) is 47.8 Å². The van der Waals surface area contributed by atoms with Crippen molar-refractivity contribution < 1.29 is 24.2 Å². The van der Waals surface area contributed by atoms with Gasteiger partial charge in [0.15, 0.2) is 5.13 Å². The number of benzene rings is 1. The summed E-state index contributed by atoms with van der Waals surface area (Å²) in [5.41, 5.74) is 1.27. The van der Waals surface area contributed by atoms with Gasteiger partial charge in [0.2, 0.25) is 5.91 Å². The Bertz CT molecular complexity index is 1300. The van der Waals surface area contributed by atoms with Crippen LogP contribution in [0.3, 0.4) is 0 Å². The van der Waals surface area contributed by atoms with E-state index in [2.05, 4.69) is 34.4 Å². The molecule has 2 aromatic heterocycles. The molecule has 0 radical (unpaired) electrons. The lowest BCUT2D eigenvalue weighted by atomic mass is 9.92.